The van der Waals surface area contributed by atoms with E-state index in [0.717, 1.165) is 4.73 Å². The molecule has 3 aromatic heterocycles. The molecule has 0 atom stereocenters. The molecule has 3 aromatic rings. The Hall–Kier alpha value is -2.79. The van der Waals surface area contributed by atoms with Gasteiger partial charge in [-0.2, -0.15) is 4.73 Å². The first-order chi connectivity index (χ1) is 10.3. The van der Waals surface area contributed by atoms with E-state index in [2.05, 4.69) is 9.97 Å². The van der Waals surface area contributed by atoms with E-state index in [9.17, 15) is 10.3 Å². The van der Waals surface area contributed by atoms with E-state index in [1.807, 2.05) is 18.2 Å². The fourth-order valence-corrected chi connectivity index (χ4v) is 2.08. The lowest BCUT2D eigenvalue weighted by molar-refractivity contribution is -0.593. The second-order valence-corrected chi connectivity index (χ2v) is 4.53. The maximum absolute atomic E-state index is 11.9. The van der Waals surface area contributed by atoms with Gasteiger partial charge in [0.05, 0.1) is 18.0 Å². The summed E-state index contributed by atoms with van der Waals surface area (Å²) in [6, 6.07) is 14.1. The number of pyridine rings is 3. The monoisotopic (exact) mass is 279 g/mol. The van der Waals surface area contributed by atoms with Crippen LogP contribution in [0, 0.1) is 5.21 Å². The first-order valence-corrected chi connectivity index (χ1v) is 6.50. The third kappa shape index (κ3) is 2.73. The summed E-state index contributed by atoms with van der Waals surface area (Å²) in [5.41, 5.74) is 2.95. The van der Waals surface area contributed by atoms with Crippen LogP contribution >= 0.6 is 0 Å². The number of rotatable bonds is 3. The summed E-state index contributed by atoms with van der Waals surface area (Å²) in [5.74, 6) is 0. The van der Waals surface area contributed by atoms with Crippen LogP contribution in [0.5, 0.6) is 0 Å². The Morgan fingerprint density at radius 1 is 1.00 bits per heavy atom. The summed E-state index contributed by atoms with van der Waals surface area (Å²) in [7, 11) is 0. The molecule has 0 unspecified atom stereocenters. The molecule has 1 N–H and O–H groups in total. The van der Waals surface area contributed by atoms with Gasteiger partial charge in [0.15, 0.2) is 6.20 Å². The fraction of sp³-hybridized carbons (Fsp3) is 0.0625. The molecular formula is C16H13N3O2. The van der Waals surface area contributed by atoms with Crippen molar-refractivity contribution in [3.63, 3.8) is 0 Å². The highest BCUT2D eigenvalue weighted by atomic mass is 16.5. The summed E-state index contributed by atoms with van der Waals surface area (Å²) < 4.78 is 0.756. The van der Waals surface area contributed by atoms with E-state index in [1.54, 1.807) is 36.5 Å². The van der Waals surface area contributed by atoms with Crippen LogP contribution in [0.3, 0.4) is 0 Å². The van der Waals surface area contributed by atoms with Crippen molar-refractivity contribution in [1.29, 1.82) is 0 Å². The summed E-state index contributed by atoms with van der Waals surface area (Å²) in [5, 5.41) is 21.3. The SMILES string of the molecule is [O-][n+]1ccccc1-c1cc(CO)cc(-c2ccccn2)n1. The van der Waals surface area contributed by atoms with E-state index in [-0.39, 0.29) is 6.61 Å². The Balaban J connectivity index is 2.17. The Labute approximate surface area is 121 Å². The molecule has 3 rings (SSSR count). The van der Waals surface area contributed by atoms with Crippen molar-refractivity contribution < 1.29 is 9.84 Å². The molecule has 0 saturated heterocycles. The predicted molar refractivity (Wildman–Crippen MR) is 77.8 cm³/mol. The molecule has 0 radical (unpaired) electrons. The lowest BCUT2D eigenvalue weighted by Crippen LogP contribution is -2.28. The van der Waals surface area contributed by atoms with Crippen molar-refractivity contribution in [1.82, 2.24) is 9.97 Å². The van der Waals surface area contributed by atoms with Crippen LogP contribution in [-0.2, 0) is 6.61 Å². The Morgan fingerprint density at radius 2 is 1.81 bits per heavy atom. The maximum Gasteiger partial charge on any atom is 0.242 e. The minimum absolute atomic E-state index is 0.124. The first kappa shape index (κ1) is 13.2. The quantitative estimate of drug-likeness (QED) is 0.587. The zero-order chi connectivity index (χ0) is 14.7. The Morgan fingerprint density at radius 3 is 2.52 bits per heavy atom. The number of nitrogens with zero attached hydrogens (tertiary/aromatic N) is 3. The lowest BCUT2D eigenvalue weighted by Gasteiger charge is -2.08. The van der Waals surface area contributed by atoms with Gasteiger partial charge in [-0.05, 0) is 35.9 Å². The average Bonchev–Trinajstić information content (AvgIpc) is 2.55. The number of hydrogen-bond donors (Lipinski definition) is 1. The smallest absolute Gasteiger partial charge is 0.242 e. The van der Waals surface area contributed by atoms with Crippen LogP contribution in [0.15, 0.2) is 60.9 Å². The molecule has 0 aromatic carbocycles. The van der Waals surface area contributed by atoms with Gasteiger partial charge >= 0.3 is 0 Å². The zero-order valence-corrected chi connectivity index (χ0v) is 11.2. The van der Waals surface area contributed by atoms with Gasteiger partial charge in [0, 0.05) is 18.3 Å². The van der Waals surface area contributed by atoms with E-state index < -0.39 is 0 Å². The molecule has 0 fully saturated rings. The van der Waals surface area contributed by atoms with E-state index in [0.29, 0.717) is 28.3 Å². The highest BCUT2D eigenvalue weighted by Gasteiger charge is 2.13. The third-order valence-corrected chi connectivity index (χ3v) is 3.08. The molecule has 104 valence electrons. The predicted octanol–water partition coefficient (Wildman–Crippen LogP) is 1.94. The molecular weight excluding hydrogens is 266 g/mol. The molecule has 0 aliphatic heterocycles. The normalized spacial score (nSPS) is 10.5. The summed E-state index contributed by atoms with van der Waals surface area (Å²) >= 11 is 0. The second kappa shape index (κ2) is 5.68. The maximum atomic E-state index is 11.9. The minimum Gasteiger partial charge on any atom is -0.618 e. The van der Waals surface area contributed by atoms with Crippen LogP contribution in [0.1, 0.15) is 5.56 Å². The van der Waals surface area contributed by atoms with Gasteiger partial charge in [-0.3, -0.25) is 4.98 Å². The molecule has 0 saturated carbocycles. The van der Waals surface area contributed by atoms with Crippen LogP contribution in [0.25, 0.3) is 22.8 Å². The van der Waals surface area contributed by atoms with Gasteiger partial charge < -0.3 is 10.3 Å². The fourth-order valence-electron chi connectivity index (χ4n) is 2.08. The summed E-state index contributed by atoms with van der Waals surface area (Å²) in [6.45, 7) is -0.124. The van der Waals surface area contributed by atoms with E-state index in [4.69, 9.17) is 0 Å². The van der Waals surface area contributed by atoms with Gasteiger partial charge in [-0.25, -0.2) is 4.98 Å². The average molecular weight is 279 g/mol. The van der Waals surface area contributed by atoms with E-state index in [1.165, 1.54) is 6.20 Å². The highest BCUT2D eigenvalue weighted by molar-refractivity contribution is 5.61. The Bertz CT molecular complexity index is 760. The number of aromatic nitrogens is 3. The van der Waals surface area contributed by atoms with Crippen LogP contribution in [-0.4, -0.2) is 15.1 Å². The number of aliphatic hydroxyl groups is 1. The second-order valence-electron chi connectivity index (χ2n) is 4.53. The van der Waals surface area contributed by atoms with Crippen molar-refractivity contribution in [3.8, 4) is 22.8 Å². The standard InChI is InChI=1S/C16H13N3O2/c20-11-12-9-14(13-5-1-3-7-17-13)18-15(10-12)16-6-2-4-8-19(16)21/h1-10,20H,11H2. The third-order valence-electron chi connectivity index (χ3n) is 3.08. The van der Waals surface area contributed by atoms with Gasteiger partial charge in [0.2, 0.25) is 5.69 Å². The Kier molecular flexibility index (Phi) is 3.57. The molecule has 21 heavy (non-hydrogen) atoms. The summed E-state index contributed by atoms with van der Waals surface area (Å²) in [4.78, 5) is 8.74. The van der Waals surface area contributed by atoms with Crippen LogP contribution < -0.4 is 4.73 Å². The number of aliphatic hydroxyl groups excluding tert-OH is 1. The van der Waals surface area contributed by atoms with Gasteiger partial charge in [0.1, 0.15) is 5.69 Å². The van der Waals surface area contributed by atoms with Gasteiger partial charge in [0.25, 0.3) is 0 Å². The van der Waals surface area contributed by atoms with Crippen molar-refractivity contribution in [3.05, 3.63) is 71.7 Å². The number of hydrogen-bond acceptors (Lipinski definition) is 4. The van der Waals surface area contributed by atoms with Crippen LogP contribution in [0.2, 0.25) is 0 Å². The molecule has 0 bridgehead atoms. The summed E-state index contributed by atoms with van der Waals surface area (Å²) in [6.07, 6.45) is 3.10. The molecule has 0 spiro atoms. The zero-order valence-electron chi connectivity index (χ0n) is 11.2. The molecule has 0 aliphatic carbocycles. The largest absolute Gasteiger partial charge is 0.618 e. The molecule has 5 nitrogen and oxygen atoms in total. The van der Waals surface area contributed by atoms with Gasteiger partial charge in [-0.1, -0.05) is 6.07 Å². The van der Waals surface area contributed by atoms with E-state index >= 15 is 0 Å². The highest BCUT2D eigenvalue weighted by Crippen LogP contribution is 2.21. The van der Waals surface area contributed by atoms with Gasteiger partial charge in [-0.15, -0.1) is 0 Å². The van der Waals surface area contributed by atoms with Crippen molar-refractivity contribution in [2.45, 2.75) is 6.61 Å². The van der Waals surface area contributed by atoms with Crippen molar-refractivity contribution in [2.75, 3.05) is 0 Å². The minimum atomic E-state index is -0.124. The molecule has 3 heterocycles. The van der Waals surface area contributed by atoms with Crippen molar-refractivity contribution >= 4 is 0 Å². The molecule has 0 aliphatic rings. The first-order valence-electron chi connectivity index (χ1n) is 6.50. The topological polar surface area (TPSA) is 73.0 Å². The molecule has 5 heteroatoms. The lowest BCUT2D eigenvalue weighted by atomic mass is 10.1. The van der Waals surface area contributed by atoms with Crippen molar-refractivity contribution in [2.24, 2.45) is 0 Å². The van der Waals surface area contributed by atoms with Crippen LogP contribution in [0.4, 0.5) is 0 Å². The molecule has 0 amide bonds.